The number of hydrogen-bond acceptors (Lipinski definition) is 4. The number of H-pyrrole nitrogens is 1. The van der Waals surface area contributed by atoms with Gasteiger partial charge in [0.1, 0.15) is 0 Å². The molecule has 0 saturated carbocycles. The molecule has 7 heteroatoms. The minimum atomic E-state index is -0.115. The monoisotopic (exact) mass is 431 g/mol. The largest absolute Gasteiger partial charge is 0.493 e. The van der Waals surface area contributed by atoms with E-state index in [1.165, 1.54) is 0 Å². The summed E-state index contributed by atoms with van der Waals surface area (Å²) in [6, 6.07) is 14.0. The summed E-state index contributed by atoms with van der Waals surface area (Å²) in [5.74, 6) is 1.16. The Morgan fingerprint density at radius 3 is 2.50 bits per heavy atom. The molecule has 0 aliphatic heterocycles. The van der Waals surface area contributed by atoms with Gasteiger partial charge in [-0.1, -0.05) is 37.3 Å². The molecule has 0 fully saturated rings. The van der Waals surface area contributed by atoms with E-state index in [-0.39, 0.29) is 30.2 Å². The molecule has 2 aromatic carbocycles. The van der Waals surface area contributed by atoms with E-state index >= 15 is 0 Å². The summed E-state index contributed by atoms with van der Waals surface area (Å²) in [5, 5.41) is 7.29. The van der Waals surface area contributed by atoms with Crippen molar-refractivity contribution in [2.24, 2.45) is 5.92 Å². The van der Waals surface area contributed by atoms with Gasteiger partial charge in [-0.2, -0.15) is 0 Å². The zero-order valence-corrected chi connectivity index (χ0v) is 18.6. The molecule has 0 bridgehead atoms. The van der Waals surface area contributed by atoms with Crippen molar-refractivity contribution < 1.29 is 14.3 Å². The third-order valence-electron chi connectivity index (χ3n) is 5.24. The van der Waals surface area contributed by atoms with Crippen LogP contribution in [0.25, 0.3) is 10.9 Å². The molecule has 1 aromatic heterocycles. The van der Waals surface area contributed by atoms with Crippen molar-refractivity contribution in [3.63, 3.8) is 0 Å². The molecule has 2 unspecified atom stereocenters. The molecule has 1 heterocycles. The highest BCUT2D eigenvalue weighted by molar-refractivity contribution is 5.85. The van der Waals surface area contributed by atoms with Gasteiger partial charge >= 0.3 is 0 Å². The number of halogens is 1. The van der Waals surface area contributed by atoms with Gasteiger partial charge in [-0.25, -0.2) is 0 Å². The molecule has 3 N–H and O–H groups in total. The van der Waals surface area contributed by atoms with Gasteiger partial charge in [0.25, 0.3) is 0 Å². The number of aromatic nitrogens is 1. The Balaban J connectivity index is 0.00000320. The fraction of sp³-hybridized carbons (Fsp3) is 0.348. The van der Waals surface area contributed by atoms with E-state index in [1.807, 2.05) is 56.6 Å². The lowest BCUT2D eigenvalue weighted by molar-refractivity contribution is -0.124. The van der Waals surface area contributed by atoms with E-state index in [2.05, 4.69) is 21.7 Å². The van der Waals surface area contributed by atoms with E-state index in [9.17, 15) is 4.79 Å². The Labute approximate surface area is 183 Å². The Kier molecular flexibility index (Phi) is 8.57. The molecule has 0 aliphatic rings. The average molecular weight is 432 g/mol. The van der Waals surface area contributed by atoms with E-state index < -0.39 is 0 Å². The second-order valence-corrected chi connectivity index (χ2v) is 7.13. The molecule has 3 rings (SSSR count). The highest BCUT2D eigenvalue weighted by Crippen LogP contribution is 2.40. The number of ether oxygens (including phenoxy) is 2. The Bertz CT molecular complexity index is 973. The lowest BCUT2D eigenvalue weighted by Crippen LogP contribution is -2.36. The summed E-state index contributed by atoms with van der Waals surface area (Å²) in [4.78, 5) is 15.9. The molecule has 2 atom stereocenters. The number of hydrogen-bond donors (Lipinski definition) is 3. The fourth-order valence-corrected chi connectivity index (χ4v) is 3.73. The number of methoxy groups -OCH3 is 2. The van der Waals surface area contributed by atoms with Gasteiger partial charge in [0, 0.05) is 47.6 Å². The van der Waals surface area contributed by atoms with Gasteiger partial charge < -0.3 is 25.1 Å². The number of carbonyl (C=O) groups is 1. The number of carbonyl (C=O) groups excluding carboxylic acids is 1. The van der Waals surface area contributed by atoms with Crippen LogP contribution in [-0.4, -0.2) is 45.2 Å². The molecule has 6 nitrogen and oxygen atoms in total. The van der Waals surface area contributed by atoms with Crippen molar-refractivity contribution in [3.05, 3.63) is 59.8 Å². The van der Waals surface area contributed by atoms with Crippen LogP contribution in [-0.2, 0) is 4.79 Å². The van der Waals surface area contributed by atoms with Crippen LogP contribution in [0.5, 0.6) is 11.5 Å². The minimum Gasteiger partial charge on any atom is -0.493 e. The number of fused-ring (bicyclic) bond motifs is 1. The van der Waals surface area contributed by atoms with Gasteiger partial charge in [-0.3, -0.25) is 4.79 Å². The van der Waals surface area contributed by atoms with Crippen LogP contribution >= 0.6 is 12.4 Å². The first kappa shape index (κ1) is 23.6. The fourth-order valence-electron chi connectivity index (χ4n) is 3.73. The van der Waals surface area contributed by atoms with Crippen LogP contribution < -0.4 is 20.1 Å². The molecule has 162 valence electrons. The molecule has 1 amide bonds. The number of benzene rings is 2. The van der Waals surface area contributed by atoms with Crippen LogP contribution in [0.1, 0.15) is 24.0 Å². The summed E-state index contributed by atoms with van der Waals surface area (Å²) >= 11 is 0. The van der Waals surface area contributed by atoms with Gasteiger partial charge in [-0.15, -0.1) is 12.4 Å². The van der Waals surface area contributed by atoms with Gasteiger partial charge in [0.05, 0.1) is 14.2 Å². The standard InChI is InChI=1S/C23H29N3O3.ClH/c1-15(12-24-2)23(27)26-14-19(17-9-7-11-21(28-3)22(17)29-4)18-13-25-20-10-6-5-8-16(18)20;/h5-11,13,15,19,24-25H,12,14H2,1-4H3,(H,26,27);1H. The topological polar surface area (TPSA) is 75.4 Å². The Morgan fingerprint density at radius 1 is 1.03 bits per heavy atom. The highest BCUT2D eigenvalue weighted by atomic mass is 35.5. The number of aromatic amines is 1. The van der Waals surface area contributed by atoms with Crippen molar-refractivity contribution >= 4 is 29.2 Å². The number of rotatable bonds is 9. The third kappa shape index (κ3) is 4.89. The van der Waals surface area contributed by atoms with E-state index in [0.717, 1.165) is 22.0 Å². The maximum atomic E-state index is 12.6. The van der Waals surface area contributed by atoms with Crippen molar-refractivity contribution in [2.75, 3.05) is 34.4 Å². The van der Waals surface area contributed by atoms with Crippen molar-refractivity contribution in [3.8, 4) is 11.5 Å². The number of amides is 1. The summed E-state index contributed by atoms with van der Waals surface area (Å²) in [5.41, 5.74) is 3.14. The first-order valence-electron chi connectivity index (χ1n) is 9.79. The van der Waals surface area contributed by atoms with Crippen molar-refractivity contribution in [2.45, 2.75) is 12.8 Å². The van der Waals surface area contributed by atoms with E-state index in [4.69, 9.17) is 9.47 Å². The smallest absolute Gasteiger partial charge is 0.224 e. The average Bonchev–Trinajstić information content (AvgIpc) is 3.17. The lowest BCUT2D eigenvalue weighted by Gasteiger charge is -2.22. The zero-order chi connectivity index (χ0) is 20.8. The Hall–Kier alpha value is -2.70. The number of para-hydroxylation sites is 2. The summed E-state index contributed by atoms with van der Waals surface area (Å²) in [6.45, 7) is 3.00. The van der Waals surface area contributed by atoms with E-state index in [0.29, 0.717) is 24.6 Å². The van der Waals surface area contributed by atoms with Gasteiger partial charge in [0.2, 0.25) is 5.91 Å². The number of nitrogens with one attached hydrogen (secondary N) is 3. The molecule has 0 radical (unpaired) electrons. The van der Waals surface area contributed by atoms with Crippen LogP contribution in [0.15, 0.2) is 48.7 Å². The molecule has 30 heavy (non-hydrogen) atoms. The quantitative estimate of drug-likeness (QED) is 0.482. The molecule has 0 aliphatic carbocycles. The third-order valence-corrected chi connectivity index (χ3v) is 5.24. The molecule has 3 aromatic rings. The molecule has 0 saturated heterocycles. The van der Waals surface area contributed by atoms with Crippen LogP contribution in [0.2, 0.25) is 0 Å². The van der Waals surface area contributed by atoms with Crippen molar-refractivity contribution in [1.29, 1.82) is 0 Å². The maximum Gasteiger partial charge on any atom is 0.224 e. The second-order valence-electron chi connectivity index (χ2n) is 7.13. The zero-order valence-electron chi connectivity index (χ0n) is 17.8. The van der Waals surface area contributed by atoms with Crippen molar-refractivity contribution in [1.82, 2.24) is 15.6 Å². The highest BCUT2D eigenvalue weighted by Gasteiger charge is 2.25. The molecular weight excluding hydrogens is 402 g/mol. The molecular formula is C23H30ClN3O3. The van der Waals surface area contributed by atoms with E-state index in [1.54, 1.807) is 14.2 Å². The van der Waals surface area contributed by atoms with Crippen LogP contribution in [0.4, 0.5) is 0 Å². The predicted molar refractivity (Wildman–Crippen MR) is 123 cm³/mol. The summed E-state index contributed by atoms with van der Waals surface area (Å²) in [6.07, 6.45) is 2.01. The Morgan fingerprint density at radius 2 is 1.80 bits per heavy atom. The van der Waals surface area contributed by atoms with Gasteiger partial charge in [-0.05, 0) is 24.7 Å². The second kappa shape index (κ2) is 10.9. The maximum absolute atomic E-state index is 12.6. The predicted octanol–water partition coefficient (Wildman–Crippen LogP) is 3.71. The van der Waals surface area contributed by atoms with Crippen LogP contribution in [0, 0.1) is 5.92 Å². The lowest BCUT2D eigenvalue weighted by atomic mass is 9.89. The first-order valence-corrected chi connectivity index (χ1v) is 9.79. The SMILES string of the molecule is CNCC(C)C(=O)NCC(c1cccc(OC)c1OC)c1c[nH]c2ccccc12.Cl. The first-order chi connectivity index (χ1) is 14.1. The van der Waals surface area contributed by atoms with Gasteiger partial charge in [0.15, 0.2) is 11.5 Å². The van der Waals surface area contributed by atoms with Crippen LogP contribution in [0.3, 0.4) is 0 Å². The summed E-state index contributed by atoms with van der Waals surface area (Å²) in [7, 11) is 5.12. The summed E-state index contributed by atoms with van der Waals surface area (Å²) < 4.78 is 11.2. The molecule has 0 spiro atoms. The normalized spacial score (nSPS) is 12.7. The minimum absolute atomic E-state index is 0.